The lowest BCUT2D eigenvalue weighted by atomic mass is 9.88. The molecule has 0 aliphatic heterocycles. The van der Waals surface area contributed by atoms with E-state index in [-0.39, 0.29) is 5.82 Å². The third kappa shape index (κ3) is 4.66. The van der Waals surface area contributed by atoms with Crippen LogP contribution < -0.4 is 0 Å². The molecule has 1 aromatic carbocycles. The summed E-state index contributed by atoms with van der Waals surface area (Å²) < 4.78 is 19.8. The molecule has 0 saturated carbocycles. The Morgan fingerprint density at radius 1 is 1.27 bits per heavy atom. The summed E-state index contributed by atoms with van der Waals surface area (Å²) in [7, 11) is 1.71. The van der Waals surface area contributed by atoms with Crippen molar-refractivity contribution in [2.45, 2.75) is 64.2 Å². The van der Waals surface area contributed by atoms with E-state index in [1.54, 1.807) is 35.8 Å². The highest BCUT2D eigenvalue weighted by Gasteiger charge is 2.28. The minimum Gasteiger partial charge on any atom is -0.385 e. The molecule has 0 N–H and O–H groups in total. The Bertz CT molecular complexity index is 1040. The number of ether oxygens (including phenoxy) is 1. The van der Waals surface area contributed by atoms with Crippen LogP contribution in [0.3, 0.4) is 0 Å². The topological polar surface area (TPSA) is 39.2 Å². The second-order valence-corrected chi connectivity index (χ2v) is 10.4. The molecule has 1 atom stereocenters. The summed E-state index contributed by atoms with van der Waals surface area (Å²) in [6.45, 7) is 3.04. The molecule has 0 radical (unpaired) electrons. The fourth-order valence-corrected chi connectivity index (χ4v) is 6.87. The summed E-state index contributed by atoms with van der Waals surface area (Å²) in [5.41, 5.74) is 3.24. The first kappa shape index (κ1) is 21.6. The van der Waals surface area contributed by atoms with E-state index < -0.39 is 0 Å². The molecule has 2 aromatic heterocycles. The van der Waals surface area contributed by atoms with Gasteiger partial charge in [-0.25, -0.2) is 9.37 Å². The van der Waals surface area contributed by atoms with Gasteiger partial charge >= 0.3 is 0 Å². The lowest BCUT2D eigenvalue weighted by Gasteiger charge is -2.18. The van der Waals surface area contributed by atoms with E-state index in [0.717, 1.165) is 52.4 Å². The van der Waals surface area contributed by atoms with Gasteiger partial charge in [0.2, 0.25) is 0 Å². The molecule has 0 amide bonds. The van der Waals surface area contributed by atoms with Crippen LogP contribution in [0.5, 0.6) is 0 Å². The van der Waals surface area contributed by atoms with Crippen LogP contribution in [-0.4, -0.2) is 24.5 Å². The van der Waals surface area contributed by atoms with Gasteiger partial charge < -0.3 is 4.74 Å². The Hall–Kier alpha value is -1.63. The number of rotatable bonds is 9. The third-order valence-electron chi connectivity index (χ3n) is 5.85. The molecule has 0 bridgehead atoms. The Labute approximate surface area is 185 Å². The molecule has 1 aliphatic rings. The van der Waals surface area contributed by atoms with Gasteiger partial charge in [-0.3, -0.25) is 4.79 Å². The molecular weight excluding hydrogens is 417 g/mol. The highest BCUT2D eigenvalue weighted by Crippen LogP contribution is 2.47. The van der Waals surface area contributed by atoms with Gasteiger partial charge in [0.15, 0.2) is 0 Å². The van der Waals surface area contributed by atoms with Gasteiger partial charge in [0.25, 0.3) is 0 Å². The van der Waals surface area contributed by atoms with Crippen LogP contribution in [0, 0.1) is 5.82 Å². The summed E-state index contributed by atoms with van der Waals surface area (Å²) in [6, 6.07) is 4.79. The van der Waals surface area contributed by atoms with Crippen LogP contribution in [0.2, 0.25) is 0 Å². The molecule has 3 nitrogen and oxygen atoms in total. The van der Waals surface area contributed by atoms with E-state index in [9.17, 15) is 9.18 Å². The fourth-order valence-electron chi connectivity index (χ4n) is 4.29. The molecule has 160 valence electrons. The van der Waals surface area contributed by atoms with Gasteiger partial charge in [0.05, 0.1) is 10.2 Å². The Morgan fingerprint density at radius 2 is 2.13 bits per heavy atom. The third-order valence-corrected chi connectivity index (χ3v) is 8.37. The summed E-state index contributed by atoms with van der Waals surface area (Å²) in [5.74, 6) is 0.568. The Morgan fingerprint density at radius 3 is 2.97 bits per heavy atom. The van der Waals surface area contributed by atoms with Crippen molar-refractivity contribution in [3.8, 4) is 10.6 Å². The molecule has 1 aliphatic carbocycles. The highest BCUT2D eigenvalue weighted by molar-refractivity contribution is 7.22. The smallest absolute Gasteiger partial charge is 0.138 e. The number of halogens is 1. The summed E-state index contributed by atoms with van der Waals surface area (Å²) in [4.78, 5) is 20.1. The summed E-state index contributed by atoms with van der Waals surface area (Å²) in [6.07, 6.45) is 7.45. The SMILES string of the molecule is COCCCCCC(=O)Cc1sc2c(c1-c1nc3cc(F)ccc3s1)CCCC2C. The molecule has 4 rings (SSSR count). The zero-order valence-corrected chi connectivity index (χ0v) is 19.3. The molecule has 2 heterocycles. The summed E-state index contributed by atoms with van der Waals surface area (Å²) >= 11 is 3.42. The second-order valence-electron chi connectivity index (χ2n) is 8.19. The number of carbonyl (C=O) groups excluding carboxylic acids is 1. The normalized spacial score (nSPS) is 16.2. The number of Topliss-reactive ketones (excluding diaryl/α,β-unsaturated/α-hetero) is 1. The monoisotopic (exact) mass is 445 g/mol. The standard InChI is InChI=1S/C24H28FNO2S2/c1-15-7-6-9-18-22(24-26-19-13-16(25)10-11-20(19)30-24)21(29-23(15)18)14-17(27)8-4-3-5-12-28-2/h10-11,13,15H,3-9,12,14H2,1-2H3. The fraction of sp³-hybridized carbons (Fsp3) is 0.500. The van der Waals surface area contributed by atoms with Crippen LogP contribution >= 0.6 is 22.7 Å². The van der Waals surface area contributed by atoms with Crippen LogP contribution in [0.1, 0.15) is 66.7 Å². The second kappa shape index (κ2) is 9.67. The number of fused-ring (bicyclic) bond motifs is 2. The van der Waals surface area contributed by atoms with Crippen LogP contribution in [0.15, 0.2) is 18.2 Å². The van der Waals surface area contributed by atoms with E-state index in [4.69, 9.17) is 9.72 Å². The number of methoxy groups -OCH3 is 1. The maximum absolute atomic E-state index is 13.7. The van der Waals surface area contributed by atoms with Gasteiger partial charge in [-0.2, -0.15) is 0 Å². The van der Waals surface area contributed by atoms with Gasteiger partial charge in [-0.1, -0.05) is 13.3 Å². The minimum absolute atomic E-state index is 0.260. The number of benzene rings is 1. The van der Waals surface area contributed by atoms with Crippen molar-refractivity contribution in [1.29, 1.82) is 0 Å². The molecule has 0 spiro atoms. The average molecular weight is 446 g/mol. The van der Waals surface area contributed by atoms with Gasteiger partial charge in [0, 0.05) is 47.9 Å². The zero-order valence-electron chi connectivity index (χ0n) is 17.6. The van der Waals surface area contributed by atoms with Crippen molar-refractivity contribution in [2.75, 3.05) is 13.7 Å². The van der Waals surface area contributed by atoms with E-state index >= 15 is 0 Å². The van der Waals surface area contributed by atoms with Crippen molar-refractivity contribution in [1.82, 2.24) is 4.98 Å². The zero-order chi connectivity index (χ0) is 21.1. The predicted octanol–water partition coefficient (Wildman–Crippen LogP) is 6.92. The molecule has 30 heavy (non-hydrogen) atoms. The van der Waals surface area contributed by atoms with Gasteiger partial charge in [-0.05, 0) is 55.7 Å². The number of thiophene rings is 1. The van der Waals surface area contributed by atoms with Crippen LogP contribution in [0.4, 0.5) is 4.39 Å². The highest BCUT2D eigenvalue weighted by atomic mass is 32.1. The largest absolute Gasteiger partial charge is 0.385 e. The number of hydrogen-bond donors (Lipinski definition) is 0. The van der Waals surface area contributed by atoms with Gasteiger partial charge in [0.1, 0.15) is 16.6 Å². The number of hydrogen-bond acceptors (Lipinski definition) is 5. The van der Waals surface area contributed by atoms with Crippen molar-refractivity contribution in [2.24, 2.45) is 0 Å². The lowest BCUT2D eigenvalue weighted by Crippen LogP contribution is -2.05. The Balaban J connectivity index is 1.62. The molecule has 1 unspecified atom stereocenters. The number of nitrogens with zero attached hydrogens (tertiary/aromatic N) is 1. The van der Waals surface area contributed by atoms with Crippen molar-refractivity contribution >= 4 is 38.7 Å². The number of thiazole rings is 1. The quantitative estimate of drug-likeness (QED) is 0.336. The maximum Gasteiger partial charge on any atom is 0.138 e. The first-order valence-corrected chi connectivity index (χ1v) is 12.4. The maximum atomic E-state index is 13.7. The number of unbranched alkanes of at least 4 members (excludes halogenated alkanes) is 2. The van der Waals surface area contributed by atoms with E-state index in [2.05, 4.69) is 6.92 Å². The Kier molecular flexibility index (Phi) is 6.96. The van der Waals surface area contributed by atoms with Gasteiger partial charge in [-0.15, -0.1) is 22.7 Å². The van der Waals surface area contributed by atoms with Crippen LogP contribution in [0.25, 0.3) is 20.8 Å². The number of ketones is 1. The first-order chi connectivity index (χ1) is 14.6. The predicted molar refractivity (Wildman–Crippen MR) is 123 cm³/mol. The molecule has 6 heteroatoms. The van der Waals surface area contributed by atoms with Crippen molar-refractivity contribution in [3.63, 3.8) is 0 Å². The van der Waals surface area contributed by atoms with E-state index in [0.29, 0.717) is 30.1 Å². The van der Waals surface area contributed by atoms with Crippen LogP contribution in [-0.2, 0) is 22.4 Å². The van der Waals surface area contributed by atoms with E-state index in [1.165, 1.54) is 35.4 Å². The number of carbonyl (C=O) groups is 1. The minimum atomic E-state index is -0.260. The van der Waals surface area contributed by atoms with Crippen molar-refractivity contribution < 1.29 is 13.9 Å². The molecular formula is C24H28FNO2S2. The molecule has 0 fully saturated rings. The number of aromatic nitrogens is 1. The van der Waals surface area contributed by atoms with Crippen molar-refractivity contribution in [3.05, 3.63) is 39.3 Å². The lowest BCUT2D eigenvalue weighted by molar-refractivity contribution is -0.118. The average Bonchev–Trinajstić information content (AvgIpc) is 3.28. The first-order valence-electron chi connectivity index (χ1n) is 10.8. The molecule has 3 aromatic rings. The van der Waals surface area contributed by atoms with E-state index in [1.807, 2.05) is 0 Å². The molecule has 0 saturated heterocycles. The summed E-state index contributed by atoms with van der Waals surface area (Å²) in [5, 5.41) is 0.935.